The Kier molecular flexibility index (Phi) is 3.66. The zero-order valence-corrected chi connectivity index (χ0v) is 11.4. The lowest BCUT2D eigenvalue weighted by molar-refractivity contribution is 0.0829. The SMILES string of the molecule is COc1cc(C(=O)C2(CO)CC2)cc(OC)c1OC. The van der Waals surface area contributed by atoms with Crippen LogP contribution in [0.4, 0.5) is 0 Å². The maximum Gasteiger partial charge on any atom is 0.203 e. The molecule has 0 aromatic heterocycles. The summed E-state index contributed by atoms with van der Waals surface area (Å²) < 4.78 is 15.6. The minimum atomic E-state index is -0.607. The van der Waals surface area contributed by atoms with Crippen molar-refractivity contribution in [2.45, 2.75) is 12.8 Å². The monoisotopic (exact) mass is 266 g/mol. The van der Waals surface area contributed by atoms with Crippen molar-refractivity contribution >= 4 is 5.78 Å². The first kappa shape index (κ1) is 13.7. The molecular weight excluding hydrogens is 248 g/mol. The highest BCUT2D eigenvalue weighted by Gasteiger charge is 2.49. The van der Waals surface area contributed by atoms with Crippen LogP contribution in [0.15, 0.2) is 12.1 Å². The Hall–Kier alpha value is -1.75. The molecule has 0 bridgehead atoms. The fourth-order valence-corrected chi connectivity index (χ4v) is 2.13. The molecule has 1 aromatic rings. The topological polar surface area (TPSA) is 65.0 Å². The Labute approximate surface area is 112 Å². The van der Waals surface area contributed by atoms with Crippen LogP contribution < -0.4 is 14.2 Å². The summed E-state index contributed by atoms with van der Waals surface area (Å²) in [6.45, 7) is -0.123. The first-order valence-corrected chi connectivity index (χ1v) is 6.07. The van der Waals surface area contributed by atoms with E-state index in [0.717, 1.165) is 12.8 Å². The molecule has 0 radical (unpaired) electrons. The van der Waals surface area contributed by atoms with E-state index in [9.17, 15) is 9.90 Å². The molecule has 19 heavy (non-hydrogen) atoms. The number of rotatable bonds is 6. The summed E-state index contributed by atoms with van der Waals surface area (Å²) >= 11 is 0. The molecule has 1 aliphatic rings. The second kappa shape index (κ2) is 5.09. The van der Waals surface area contributed by atoms with Gasteiger partial charge >= 0.3 is 0 Å². The van der Waals surface area contributed by atoms with Crippen molar-refractivity contribution < 1.29 is 24.1 Å². The molecule has 1 saturated carbocycles. The van der Waals surface area contributed by atoms with Gasteiger partial charge in [-0.2, -0.15) is 0 Å². The van der Waals surface area contributed by atoms with Gasteiger partial charge in [-0.15, -0.1) is 0 Å². The van der Waals surface area contributed by atoms with Crippen molar-refractivity contribution in [3.8, 4) is 17.2 Å². The van der Waals surface area contributed by atoms with Crippen LogP contribution >= 0.6 is 0 Å². The van der Waals surface area contributed by atoms with Gasteiger partial charge in [0.05, 0.1) is 33.4 Å². The Bertz CT molecular complexity index is 466. The number of Topliss-reactive ketones (excluding diaryl/α,β-unsaturated/α-hetero) is 1. The first-order chi connectivity index (χ1) is 9.11. The predicted octanol–water partition coefficient (Wildman–Crippen LogP) is 1.67. The quantitative estimate of drug-likeness (QED) is 0.793. The fraction of sp³-hybridized carbons (Fsp3) is 0.500. The highest BCUT2D eigenvalue weighted by Crippen LogP contribution is 2.49. The third kappa shape index (κ3) is 2.26. The average Bonchev–Trinajstić information content (AvgIpc) is 3.25. The Morgan fingerprint density at radius 1 is 1.16 bits per heavy atom. The van der Waals surface area contributed by atoms with Gasteiger partial charge in [-0.25, -0.2) is 0 Å². The summed E-state index contributed by atoms with van der Waals surface area (Å²) in [4.78, 5) is 12.4. The van der Waals surface area contributed by atoms with Crippen molar-refractivity contribution in [3.63, 3.8) is 0 Å². The van der Waals surface area contributed by atoms with Crippen LogP contribution in [0.2, 0.25) is 0 Å². The highest BCUT2D eigenvalue weighted by molar-refractivity contribution is 6.03. The van der Waals surface area contributed by atoms with Crippen molar-refractivity contribution in [2.75, 3.05) is 27.9 Å². The molecule has 0 aliphatic heterocycles. The van der Waals surface area contributed by atoms with Gasteiger partial charge in [-0.3, -0.25) is 4.79 Å². The summed E-state index contributed by atoms with van der Waals surface area (Å²) in [7, 11) is 4.52. The second-order valence-electron chi connectivity index (χ2n) is 4.68. The summed E-state index contributed by atoms with van der Waals surface area (Å²) in [6, 6.07) is 3.25. The van der Waals surface area contributed by atoms with Crippen LogP contribution in [0, 0.1) is 5.41 Å². The fourth-order valence-electron chi connectivity index (χ4n) is 2.13. The van der Waals surface area contributed by atoms with E-state index in [1.807, 2.05) is 0 Å². The van der Waals surface area contributed by atoms with Gasteiger partial charge in [0.15, 0.2) is 17.3 Å². The number of carbonyl (C=O) groups is 1. The van der Waals surface area contributed by atoms with Crippen LogP contribution in [0.3, 0.4) is 0 Å². The van der Waals surface area contributed by atoms with Crippen LogP contribution in [0.5, 0.6) is 17.2 Å². The molecule has 1 aromatic carbocycles. The molecule has 0 atom stereocenters. The standard InChI is InChI=1S/C14H18O5/c1-17-10-6-9(7-11(18-2)12(10)19-3)13(16)14(8-15)4-5-14/h6-7,15H,4-5,8H2,1-3H3. The van der Waals surface area contributed by atoms with E-state index in [-0.39, 0.29) is 12.4 Å². The van der Waals surface area contributed by atoms with Gasteiger partial charge < -0.3 is 19.3 Å². The van der Waals surface area contributed by atoms with E-state index in [4.69, 9.17) is 14.2 Å². The van der Waals surface area contributed by atoms with E-state index >= 15 is 0 Å². The van der Waals surface area contributed by atoms with Crippen LogP contribution in [-0.4, -0.2) is 38.8 Å². The van der Waals surface area contributed by atoms with Gasteiger partial charge in [0.25, 0.3) is 0 Å². The maximum atomic E-state index is 12.4. The number of aliphatic hydroxyl groups excluding tert-OH is 1. The van der Waals surface area contributed by atoms with E-state index in [1.165, 1.54) is 21.3 Å². The Morgan fingerprint density at radius 3 is 2.00 bits per heavy atom. The molecule has 1 aliphatic carbocycles. The largest absolute Gasteiger partial charge is 0.493 e. The molecule has 104 valence electrons. The zero-order valence-electron chi connectivity index (χ0n) is 11.4. The molecule has 0 spiro atoms. The highest BCUT2D eigenvalue weighted by atomic mass is 16.5. The molecule has 0 amide bonds. The van der Waals surface area contributed by atoms with E-state index in [1.54, 1.807) is 12.1 Å². The van der Waals surface area contributed by atoms with Gasteiger partial charge in [0, 0.05) is 5.56 Å². The van der Waals surface area contributed by atoms with Crippen LogP contribution in [0.25, 0.3) is 0 Å². The minimum absolute atomic E-state index is 0.0748. The van der Waals surface area contributed by atoms with Crippen LogP contribution in [-0.2, 0) is 0 Å². The third-order valence-electron chi connectivity index (χ3n) is 3.56. The lowest BCUT2D eigenvalue weighted by Crippen LogP contribution is -2.20. The van der Waals surface area contributed by atoms with Gasteiger partial charge in [0.2, 0.25) is 5.75 Å². The van der Waals surface area contributed by atoms with E-state index in [2.05, 4.69) is 0 Å². The lowest BCUT2D eigenvalue weighted by atomic mass is 9.95. The Morgan fingerprint density at radius 2 is 1.68 bits per heavy atom. The summed E-state index contributed by atoms with van der Waals surface area (Å²) in [6.07, 6.45) is 1.44. The van der Waals surface area contributed by atoms with Crippen molar-refractivity contribution in [1.82, 2.24) is 0 Å². The van der Waals surface area contributed by atoms with Crippen LogP contribution in [0.1, 0.15) is 23.2 Å². The summed E-state index contributed by atoms with van der Waals surface area (Å²) in [5, 5.41) is 9.33. The average molecular weight is 266 g/mol. The van der Waals surface area contributed by atoms with Crippen molar-refractivity contribution in [1.29, 1.82) is 0 Å². The molecule has 2 rings (SSSR count). The molecule has 0 saturated heterocycles. The molecule has 5 heteroatoms. The molecular formula is C14H18O5. The number of ketones is 1. The number of aliphatic hydroxyl groups is 1. The number of hydrogen-bond donors (Lipinski definition) is 1. The zero-order chi connectivity index (χ0) is 14.0. The lowest BCUT2D eigenvalue weighted by Gasteiger charge is -2.16. The number of ether oxygens (including phenoxy) is 3. The van der Waals surface area contributed by atoms with Gasteiger partial charge in [0.1, 0.15) is 0 Å². The predicted molar refractivity (Wildman–Crippen MR) is 69.2 cm³/mol. The van der Waals surface area contributed by atoms with Crippen molar-refractivity contribution in [3.05, 3.63) is 17.7 Å². The van der Waals surface area contributed by atoms with Gasteiger partial charge in [-0.1, -0.05) is 0 Å². The smallest absolute Gasteiger partial charge is 0.203 e. The van der Waals surface area contributed by atoms with E-state index < -0.39 is 5.41 Å². The number of benzene rings is 1. The normalized spacial score (nSPS) is 15.8. The van der Waals surface area contributed by atoms with Crippen molar-refractivity contribution in [2.24, 2.45) is 5.41 Å². The first-order valence-electron chi connectivity index (χ1n) is 6.07. The molecule has 5 nitrogen and oxygen atoms in total. The van der Waals surface area contributed by atoms with Gasteiger partial charge in [-0.05, 0) is 25.0 Å². The molecule has 1 fully saturated rings. The summed E-state index contributed by atoms with van der Waals surface area (Å²) in [5.41, 5.74) is -0.133. The maximum absolute atomic E-state index is 12.4. The number of methoxy groups -OCH3 is 3. The second-order valence-corrected chi connectivity index (χ2v) is 4.68. The third-order valence-corrected chi connectivity index (χ3v) is 3.56. The molecule has 1 N–H and O–H groups in total. The molecule has 0 unspecified atom stereocenters. The van der Waals surface area contributed by atoms with E-state index in [0.29, 0.717) is 22.8 Å². The minimum Gasteiger partial charge on any atom is -0.493 e. The molecule has 0 heterocycles. The summed E-state index contributed by atoms with van der Waals surface area (Å²) in [5.74, 6) is 1.27. The number of carbonyl (C=O) groups excluding carboxylic acids is 1. The Balaban J connectivity index is 2.44. The number of hydrogen-bond acceptors (Lipinski definition) is 5.